The van der Waals surface area contributed by atoms with Crippen molar-refractivity contribution in [1.82, 2.24) is 0 Å². The highest BCUT2D eigenvalue weighted by molar-refractivity contribution is 5.91. The van der Waals surface area contributed by atoms with Gasteiger partial charge in [0.1, 0.15) is 12.6 Å². The molecular formula is C13H18N2O4. The second kappa shape index (κ2) is 7.38. The first-order valence-electron chi connectivity index (χ1n) is 5.80. The van der Waals surface area contributed by atoms with Gasteiger partial charge in [0, 0.05) is 18.5 Å². The van der Waals surface area contributed by atoms with E-state index >= 15 is 0 Å². The number of amides is 1. The van der Waals surface area contributed by atoms with E-state index in [-0.39, 0.29) is 18.5 Å². The molecule has 0 bridgehead atoms. The van der Waals surface area contributed by atoms with E-state index in [9.17, 15) is 9.59 Å². The van der Waals surface area contributed by atoms with Crippen LogP contribution in [-0.4, -0.2) is 38.7 Å². The van der Waals surface area contributed by atoms with Crippen LogP contribution < -0.4 is 10.6 Å². The van der Waals surface area contributed by atoms with Gasteiger partial charge in [-0.05, 0) is 31.2 Å². The molecule has 6 nitrogen and oxygen atoms in total. The zero-order chi connectivity index (χ0) is 14.3. The summed E-state index contributed by atoms with van der Waals surface area (Å²) in [6, 6.07) is 6.57. The Kier molecular flexibility index (Phi) is 5.81. The molecule has 0 aliphatic carbocycles. The summed E-state index contributed by atoms with van der Waals surface area (Å²) >= 11 is 0. The summed E-state index contributed by atoms with van der Waals surface area (Å²) < 4.78 is 9.33. The zero-order valence-electron chi connectivity index (χ0n) is 11.2. The molecule has 1 unspecified atom stereocenters. The second-order valence-electron chi connectivity index (χ2n) is 3.95. The number of hydrogen-bond donors (Lipinski definition) is 2. The largest absolute Gasteiger partial charge is 0.467 e. The summed E-state index contributed by atoms with van der Waals surface area (Å²) in [4.78, 5) is 22.5. The molecule has 0 aliphatic heterocycles. The SMILES string of the molecule is COCC(=O)Nc1ccc(NC(C)C(=O)OC)cc1. The van der Waals surface area contributed by atoms with Gasteiger partial charge in [0.2, 0.25) is 5.91 Å². The molecule has 19 heavy (non-hydrogen) atoms. The highest BCUT2D eigenvalue weighted by Gasteiger charge is 2.12. The summed E-state index contributed by atoms with van der Waals surface area (Å²) in [6.07, 6.45) is 0. The number of rotatable bonds is 6. The van der Waals surface area contributed by atoms with Crippen molar-refractivity contribution in [3.8, 4) is 0 Å². The molecular weight excluding hydrogens is 248 g/mol. The maximum atomic E-state index is 11.3. The van der Waals surface area contributed by atoms with Gasteiger partial charge in [-0.15, -0.1) is 0 Å². The molecule has 1 rings (SSSR count). The van der Waals surface area contributed by atoms with Crippen LogP contribution in [-0.2, 0) is 19.1 Å². The number of anilines is 2. The Hall–Kier alpha value is -2.08. The third-order valence-electron chi connectivity index (χ3n) is 2.38. The van der Waals surface area contributed by atoms with E-state index in [1.165, 1.54) is 14.2 Å². The fourth-order valence-corrected chi connectivity index (χ4v) is 1.46. The molecule has 0 heterocycles. The van der Waals surface area contributed by atoms with Crippen molar-refractivity contribution < 1.29 is 19.1 Å². The Morgan fingerprint density at radius 1 is 1.16 bits per heavy atom. The Labute approximate surface area is 112 Å². The average Bonchev–Trinajstić information content (AvgIpc) is 2.40. The molecule has 104 valence electrons. The van der Waals surface area contributed by atoms with Gasteiger partial charge in [-0.1, -0.05) is 0 Å². The van der Waals surface area contributed by atoms with E-state index in [0.717, 1.165) is 5.69 Å². The van der Waals surface area contributed by atoms with E-state index in [1.807, 2.05) is 0 Å². The molecule has 1 aromatic rings. The first-order valence-corrected chi connectivity index (χ1v) is 5.80. The maximum absolute atomic E-state index is 11.3. The van der Waals surface area contributed by atoms with Crippen LogP contribution >= 0.6 is 0 Å². The van der Waals surface area contributed by atoms with Gasteiger partial charge in [-0.3, -0.25) is 4.79 Å². The highest BCUT2D eigenvalue weighted by Crippen LogP contribution is 2.14. The lowest BCUT2D eigenvalue weighted by Gasteiger charge is -2.13. The van der Waals surface area contributed by atoms with Crippen molar-refractivity contribution in [2.75, 3.05) is 31.5 Å². The molecule has 6 heteroatoms. The lowest BCUT2D eigenvalue weighted by Crippen LogP contribution is -2.27. The van der Waals surface area contributed by atoms with Crippen LogP contribution in [0.25, 0.3) is 0 Å². The van der Waals surface area contributed by atoms with E-state index < -0.39 is 6.04 Å². The maximum Gasteiger partial charge on any atom is 0.327 e. The molecule has 2 N–H and O–H groups in total. The Balaban J connectivity index is 2.56. The number of ether oxygens (including phenoxy) is 2. The van der Waals surface area contributed by atoms with Crippen LogP contribution in [0.4, 0.5) is 11.4 Å². The van der Waals surface area contributed by atoms with Gasteiger partial charge in [0.15, 0.2) is 0 Å². The average molecular weight is 266 g/mol. The molecule has 0 radical (unpaired) electrons. The minimum absolute atomic E-state index is 0.0133. The fourth-order valence-electron chi connectivity index (χ4n) is 1.46. The van der Waals surface area contributed by atoms with Gasteiger partial charge >= 0.3 is 5.97 Å². The van der Waals surface area contributed by atoms with Crippen molar-refractivity contribution in [1.29, 1.82) is 0 Å². The normalized spacial score (nSPS) is 11.5. The summed E-state index contributed by atoms with van der Waals surface area (Å²) in [5.41, 5.74) is 1.43. The fraction of sp³-hybridized carbons (Fsp3) is 0.385. The quantitative estimate of drug-likeness (QED) is 0.758. The predicted molar refractivity (Wildman–Crippen MR) is 72.0 cm³/mol. The van der Waals surface area contributed by atoms with Crippen LogP contribution in [0.1, 0.15) is 6.92 Å². The third-order valence-corrected chi connectivity index (χ3v) is 2.38. The lowest BCUT2D eigenvalue weighted by molar-refractivity contribution is -0.141. The molecule has 0 spiro atoms. The number of esters is 1. The van der Waals surface area contributed by atoms with E-state index in [1.54, 1.807) is 31.2 Å². The summed E-state index contributed by atoms with van der Waals surface area (Å²) in [7, 11) is 2.80. The minimum Gasteiger partial charge on any atom is -0.467 e. The van der Waals surface area contributed by atoms with E-state index in [0.29, 0.717) is 5.69 Å². The van der Waals surface area contributed by atoms with Crippen molar-refractivity contribution in [2.45, 2.75) is 13.0 Å². The highest BCUT2D eigenvalue weighted by atomic mass is 16.5. The van der Waals surface area contributed by atoms with Crippen LogP contribution in [0.3, 0.4) is 0 Å². The van der Waals surface area contributed by atoms with Crippen LogP contribution in [0.5, 0.6) is 0 Å². The molecule has 1 aromatic carbocycles. The first-order chi connectivity index (χ1) is 9.06. The van der Waals surface area contributed by atoms with Crippen LogP contribution in [0, 0.1) is 0 Å². The standard InChI is InChI=1S/C13H18N2O4/c1-9(13(17)19-3)14-10-4-6-11(7-5-10)15-12(16)8-18-2/h4-7,9,14H,8H2,1-3H3,(H,15,16). The number of carbonyl (C=O) groups excluding carboxylic acids is 2. The van der Waals surface area contributed by atoms with Crippen molar-refractivity contribution >= 4 is 23.3 Å². The predicted octanol–water partition coefficient (Wildman–Crippen LogP) is 1.24. The Morgan fingerprint density at radius 3 is 2.26 bits per heavy atom. The van der Waals surface area contributed by atoms with Gasteiger partial charge in [0.25, 0.3) is 0 Å². The number of nitrogens with one attached hydrogen (secondary N) is 2. The topological polar surface area (TPSA) is 76.7 Å². The molecule has 1 amide bonds. The smallest absolute Gasteiger partial charge is 0.327 e. The monoisotopic (exact) mass is 266 g/mol. The Bertz CT molecular complexity index is 431. The number of hydrogen-bond acceptors (Lipinski definition) is 5. The zero-order valence-corrected chi connectivity index (χ0v) is 11.2. The van der Waals surface area contributed by atoms with Crippen molar-refractivity contribution in [2.24, 2.45) is 0 Å². The van der Waals surface area contributed by atoms with E-state index in [2.05, 4.69) is 15.4 Å². The molecule has 0 saturated heterocycles. The second-order valence-corrected chi connectivity index (χ2v) is 3.95. The van der Waals surface area contributed by atoms with Gasteiger partial charge in [-0.2, -0.15) is 0 Å². The van der Waals surface area contributed by atoms with Crippen molar-refractivity contribution in [3.63, 3.8) is 0 Å². The molecule has 0 aromatic heterocycles. The molecule has 0 saturated carbocycles. The van der Waals surface area contributed by atoms with Crippen LogP contribution in [0.15, 0.2) is 24.3 Å². The van der Waals surface area contributed by atoms with Gasteiger partial charge < -0.3 is 20.1 Å². The van der Waals surface area contributed by atoms with Gasteiger partial charge in [-0.25, -0.2) is 4.79 Å². The minimum atomic E-state index is -0.432. The van der Waals surface area contributed by atoms with Crippen LogP contribution in [0.2, 0.25) is 0 Å². The molecule has 0 fully saturated rings. The van der Waals surface area contributed by atoms with E-state index in [4.69, 9.17) is 4.74 Å². The summed E-state index contributed by atoms with van der Waals surface area (Å²) in [5, 5.41) is 5.66. The molecule has 1 atom stereocenters. The number of benzene rings is 1. The van der Waals surface area contributed by atoms with Gasteiger partial charge in [0.05, 0.1) is 7.11 Å². The lowest BCUT2D eigenvalue weighted by atomic mass is 10.2. The Morgan fingerprint density at radius 2 is 1.74 bits per heavy atom. The summed E-state index contributed by atoms with van der Waals surface area (Å²) in [5.74, 6) is -0.552. The number of methoxy groups -OCH3 is 2. The summed E-state index contributed by atoms with van der Waals surface area (Å²) in [6.45, 7) is 1.72. The van der Waals surface area contributed by atoms with Crippen molar-refractivity contribution in [3.05, 3.63) is 24.3 Å². The number of carbonyl (C=O) groups is 2. The third kappa shape index (κ3) is 4.97. The first kappa shape index (κ1) is 15.0. The molecule has 0 aliphatic rings.